The molecule has 0 spiro atoms. The van der Waals surface area contributed by atoms with Gasteiger partial charge in [-0.3, -0.25) is 4.90 Å². The third-order valence-corrected chi connectivity index (χ3v) is 3.87. The predicted octanol–water partition coefficient (Wildman–Crippen LogP) is 3.23. The van der Waals surface area contributed by atoms with Gasteiger partial charge in [-0.2, -0.15) is 0 Å². The van der Waals surface area contributed by atoms with Crippen molar-refractivity contribution in [3.8, 4) is 0 Å². The standard InChI is InChI=1S/C13H13FN2S/c14-11-3-1-10(2-4-11)13-5-6-16(13)7-12-8-17-9-15-12/h1-4,8-9,13H,5-7H2. The van der Waals surface area contributed by atoms with Gasteiger partial charge in [-0.15, -0.1) is 11.3 Å². The highest BCUT2D eigenvalue weighted by Crippen LogP contribution is 2.34. The van der Waals surface area contributed by atoms with Crippen molar-refractivity contribution in [3.63, 3.8) is 0 Å². The van der Waals surface area contributed by atoms with E-state index in [2.05, 4.69) is 15.3 Å². The lowest BCUT2D eigenvalue weighted by atomic mass is 9.94. The van der Waals surface area contributed by atoms with Crippen LogP contribution in [-0.4, -0.2) is 16.4 Å². The number of thiazole rings is 1. The summed E-state index contributed by atoms with van der Waals surface area (Å²) >= 11 is 1.63. The van der Waals surface area contributed by atoms with Crippen LogP contribution in [0.25, 0.3) is 0 Å². The van der Waals surface area contributed by atoms with Gasteiger partial charge in [0.15, 0.2) is 0 Å². The summed E-state index contributed by atoms with van der Waals surface area (Å²) in [6, 6.07) is 7.27. The fraction of sp³-hybridized carbons (Fsp3) is 0.308. The van der Waals surface area contributed by atoms with Gasteiger partial charge >= 0.3 is 0 Å². The molecule has 0 saturated carbocycles. The number of likely N-dealkylation sites (tertiary alicyclic amines) is 1. The number of halogens is 1. The first-order valence-electron chi connectivity index (χ1n) is 5.69. The molecule has 17 heavy (non-hydrogen) atoms. The molecule has 3 rings (SSSR count). The van der Waals surface area contributed by atoms with Crippen molar-refractivity contribution in [3.05, 3.63) is 52.2 Å². The van der Waals surface area contributed by atoms with E-state index >= 15 is 0 Å². The fourth-order valence-corrected chi connectivity index (χ4v) is 2.77. The van der Waals surface area contributed by atoms with Crippen molar-refractivity contribution < 1.29 is 4.39 Å². The van der Waals surface area contributed by atoms with Crippen LogP contribution in [0.15, 0.2) is 35.2 Å². The maximum absolute atomic E-state index is 12.9. The van der Waals surface area contributed by atoms with Gasteiger partial charge in [0.2, 0.25) is 0 Å². The highest BCUT2D eigenvalue weighted by molar-refractivity contribution is 7.07. The Kier molecular flexibility index (Phi) is 2.91. The van der Waals surface area contributed by atoms with Crippen molar-refractivity contribution >= 4 is 11.3 Å². The number of hydrogen-bond donors (Lipinski definition) is 0. The van der Waals surface area contributed by atoms with E-state index < -0.39 is 0 Å². The third kappa shape index (κ3) is 2.23. The molecule has 1 unspecified atom stereocenters. The van der Waals surface area contributed by atoms with E-state index in [-0.39, 0.29) is 5.82 Å². The van der Waals surface area contributed by atoms with Gasteiger partial charge in [0.25, 0.3) is 0 Å². The molecule has 0 radical (unpaired) electrons. The van der Waals surface area contributed by atoms with Crippen LogP contribution in [0.5, 0.6) is 0 Å². The van der Waals surface area contributed by atoms with Crippen molar-refractivity contribution in [2.24, 2.45) is 0 Å². The molecule has 0 bridgehead atoms. The third-order valence-electron chi connectivity index (χ3n) is 3.23. The van der Waals surface area contributed by atoms with Gasteiger partial charge in [-0.25, -0.2) is 9.37 Å². The summed E-state index contributed by atoms with van der Waals surface area (Å²) in [5.41, 5.74) is 4.19. The zero-order valence-corrected chi connectivity index (χ0v) is 10.2. The summed E-state index contributed by atoms with van der Waals surface area (Å²) in [6.07, 6.45) is 1.15. The summed E-state index contributed by atoms with van der Waals surface area (Å²) in [4.78, 5) is 6.67. The van der Waals surface area contributed by atoms with E-state index in [1.807, 2.05) is 17.6 Å². The average molecular weight is 248 g/mol. The number of nitrogens with zero attached hydrogens (tertiary/aromatic N) is 2. The molecule has 0 amide bonds. The molecule has 1 atom stereocenters. The number of aromatic nitrogens is 1. The monoisotopic (exact) mass is 248 g/mol. The minimum Gasteiger partial charge on any atom is -0.290 e. The molecule has 4 heteroatoms. The molecule has 1 fully saturated rings. The van der Waals surface area contributed by atoms with Gasteiger partial charge in [0.05, 0.1) is 11.2 Å². The van der Waals surface area contributed by atoms with Crippen LogP contribution in [0, 0.1) is 5.82 Å². The van der Waals surface area contributed by atoms with Crippen LogP contribution in [0.3, 0.4) is 0 Å². The lowest BCUT2D eigenvalue weighted by molar-refractivity contribution is 0.0806. The first-order valence-corrected chi connectivity index (χ1v) is 6.64. The minimum absolute atomic E-state index is 0.167. The van der Waals surface area contributed by atoms with Crippen LogP contribution in [0.2, 0.25) is 0 Å². The molecule has 0 aliphatic carbocycles. The summed E-state index contributed by atoms with van der Waals surface area (Å²) in [5.74, 6) is -0.167. The van der Waals surface area contributed by atoms with Crippen LogP contribution in [-0.2, 0) is 6.54 Å². The lowest BCUT2D eigenvalue weighted by Gasteiger charge is -2.41. The highest BCUT2D eigenvalue weighted by Gasteiger charge is 2.29. The molecule has 1 saturated heterocycles. The van der Waals surface area contributed by atoms with Crippen LogP contribution in [0.1, 0.15) is 23.7 Å². The largest absolute Gasteiger partial charge is 0.290 e. The molecule has 2 nitrogen and oxygen atoms in total. The first kappa shape index (κ1) is 10.9. The predicted molar refractivity (Wildman–Crippen MR) is 66.3 cm³/mol. The normalized spacial score (nSPS) is 20.2. The van der Waals surface area contributed by atoms with E-state index in [0.29, 0.717) is 6.04 Å². The van der Waals surface area contributed by atoms with Gasteiger partial charge in [-0.1, -0.05) is 12.1 Å². The zero-order valence-electron chi connectivity index (χ0n) is 9.34. The summed E-state index contributed by atoms with van der Waals surface area (Å²) < 4.78 is 12.9. The topological polar surface area (TPSA) is 16.1 Å². The van der Waals surface area contributed by atoms with Crippen molar-refractivity contribution in [2.75, 3.05) is 6.54 Å². The second-order valence-electron chi connectivity index (χ2n) is 4.31. The molecule has 1 aromatic heterocycles. The smallest absolute Gasteiger partial charge is 0.123 e. The molecule has 1 aliphatic rings. The molecular weight excluding hydrogens is 235 g/mol. The summed E-state index contributed by atoms with van der Waals surface area (Å²) in [5, 5.41) is 2.08. The van der Waals surface area contributed by atoms with E-state index in [0.717, 1.165) is 25.2 Å². The molecule has 1 aliphatic heterocycles. The number of benzene rings is 1. The Bertz CT molecular complexity index is 481. The maximum atomic E-state index is 12.9. The Morgan fingerprint density at radius 3 is 2.76 bits per heavy atom. The molecule has 1 aromatic carbocycles. The Hall–Kier alpha value is -1.26. The molecular formula is C13H13FN2S. The maximum Gasteiger partial charge on any atom is 0.123 e. The number of hydrogen-bond acceptors (Lipinski definition) is 3. The Morgan fingerprint density at radius 1 is 1.35 bits per heavy atom. The highest BCUT2D eigenvalue weighted by atomic mass is 32.1. The minimum atomic E-state index is -0.167. The van der Waals surface area contributed by atoms with Gasteiger partial charge in [0, 0.05) is 24.5 Å². The molecule has 88 valence electrons. The SMILES string of the molecule is Fc1ccc(C2CCN2Cc2cscn2)cc1. The van der Waals surface area contributed by atoms with Crippen molar-refractivity contribution in [1.82, 2.24) is 9.88 Å². The fourth-order valence-electron chi connectivity index (χ4n) is 2.22. The van der Waals surface area contributed by atoms with Gasteiger partial charge < -0.3 is 0 Å². The van der Waals surface area contributed by atoms with Gasteiger partial charge in [0.1, 0.15) is 5.82 Å². The van der Waals surface area contributed by atoms with Gasteiger partial charge in [-0.05, 0) is 24.1 Å². The molecule has 2 heterocycles. The zero-order chi connectivity index (χ0) is 11.7. The van der Waals surface area contributed by atoms with E-state index in [9.17, 15) is 4.39 Å². The average Bonchev–Trinajstić information content (AvgIpc) is 2.80. The Labute approximate surface area is 104 Å². The summed E-state index contributed by atoms with van der Waals surface area (Å²) in [6.45, 7) is 1.99. The second kappa shape index (κ2) is 4.55. The second-order valence-corrected chi connectivity index (χ2v) is 5.02. The van der Waals surface area contributed by atoms with E-state index in [1.165, 1.54) is 17.7 Å². The van der Waals surface area contributed by atoms with Crippen LogP contribution >= 0.6 is 11.3 Å². The van der Waals surface area contributed by atoms with Crippen molar-refractivity contribution in [2.45, 2.75) is 19.0 Å². The molecule has 0 N–H and O–H groups in total. The first-order chi connectivity index (χ1) is 8.33. The molecule has 2 aromatic rings. The van der Waals surface area contributed by atoms with Crippen LogP contribution < -0.4 is 0 Å². The quantitative estimate of drug-likeness (QED) is 0.829. The van der Waals surface area contributed by atoms with E-state index in [1.54, 1.807) is 11.3 Å². The Balaban J connectivity index is 1.70. The van der Waals surface area contributed by atoms with E-state index in [4.69, 9.17) is 0 Å². The Morgan fingerprint density at radius 2 is 2.18 bits per heavy atom. The lowest BCUT2D eigenvalue weighted by Crippen LogP contribution is -2.40. The van der Waals surface area contributed by atoms with Crippen molar-refractivity contribution in [1.29, 1.82) is 0 Å². The summed E-state index contributed by atoms with van der Waals surface area (Å²) in [7, 11) is 0. The van der Waals surface area contributed by atoms with Crippen LogP contribution in [0.4, 0.5) is 4.39 Å². The number of rotatable bonds is 3.